The number of hydrogen-bond donors (Lipinski definition) is 5. The molecule has 7 N–H and O–H groups in total. The summed E-state index contributed by atoms with van der Waals surface area (Å²) in [5.74, 6) is 1.60. The van der Waals surface area contributed by atoms with Gasteiger partial charge in [-0.25, -0.2) is 0 Å². The first kappa shape index (κ1) is 50.9. The van der Waals surface area contributed by atoms with Gasteiger partial charge in [0, 0.05) is 70.0 Å². The van der Waals surface area contributed by atoms with Crippen molar-refractivity contribution >= 4 is 80.1 Å². The van der Waals surface area contributed by atoms with Gasteiger partial charge in [0.2, 0.25) is 11.9 Å². The molecule has 0 spiro atoms. The van der Waals surface area contributed by atoms with Crippen molar-refractivity contribution < 1.29 is 22.8 Å². The van der Waals surface area contributed by atoms with E-state index in [1.165, 1.54) is 19.6 Å². The minimum absolute atomic E-state index is 0.154. The third-order valence-electron chi connectivity index (χ3n) is 9.02. The maximum atomic E-state index is 10.1. The Morgan fingerprint density at radius 2 is 1.17 bits per heavy atom. The Bertz CT molecular complexity index is 2020. The van der Waals surface area contributed by atoms with Gasteiger partial charge in [-0.2, -0.15) is 18.4 Å². The van der Waals surface area contributed by atoms with Crippen molar-refractivity contribution in [3.05, 3.63) is 56.5 Å². The maximum Gasteiger partial charge on any atom is 0.264 e. The number of benzene rings is 2. The Hall–Kier alpha value is -3.47. The smallest absolute Gasteiger partial charge is 0.264 e. The van der Waals surface area contributed by atoms with Crippen LogP contribution in [0.4, 0.5) is 23.5 Å². The molecule has 0 radical (unpaired) electrons. The molecule has 2 aromatic heterocycles. The van der Waals surface area contributed by atoms with Crippen LogP contribution in [0.15, 0.2) is 36.4 Å². The van der Waals surface area contributed by atoms with Crippen molar-refractivity contribution in [3.8, 4) is 22.5 Å². The average Bonchev–Trinajstić information content (AvgIpc) is 3.24. The van der Waals surface area contributed by atoms with E-state index in [1.807, 2.05) is 9.80 Å². The molecular weight excluding hydrogens is 880 g/mol. The van der Waals surface area contributed by atoms with Crippen molar-refractivity contribution in [2.45, 2.75) is 20.8 Å². The molecule has 2 aliphatic heterocycles. The standard InChI is InChI=1S/C15H18Cl2N6O.C13H14Cl2N6.C6H15N.C3H8O4S/c16-11-3-1-2-10(12(11)17)13-14(18)19-15(21-20-13)23-6-4-22(5-7-23)8-9-24;14-9-3-1-2-8(10(9)15)11-12(16)18-13(20-19-11)21-6-4-17-5-7-21;1-4-7(5-2)6-3;1-8(5,6)7-3-2-4/h1-3,24H,4-9H2,(H2,18,19,21);1-3,17H,4-7H2,(H2,16,18,20);4-6H2,1-3H3;4H,2-3H2,1H3. The maximum absolute atomic E-state index is 10.1. The second-order valence-corrected chi connectivity index (χ2v) is 16.3. The highest BCUT2D eigenvalue weighted by molar-refractivity contribution is 7.85. The van der Waals surface area contributed by atoms with Gasteiger partial charge in [0.15, 0.2) is 11.6 Å². The van der Waals surface area contributed by atoms with Crippen LogP contribution in [0.2, 0.25) is 20.1 Å². The normalized spacial score (nSPS) is 14.4. The molecule has 18 nitrogen and oxygen atoms in total. The highest BCUT2D eigenvalue weighted by atomic mass is 35.5. The number of hydrogen-bond acceptors (Lipinski definition) is 18. The zero-order chi connectivity index (χ0) is 44.2. The summed E-state index contributed by atoms with van der Waals surface area (Å²) in [6, 6.07) is 10.5. The Morgan fingerprint density at radius 3 is 1.52 bits per heavy atom. The molecule has 2 aliphatic rings. The SMILES string of the molecule is CCN(CC)CC.CS(=O)(=O)OCCO.Nc1nc(N2CCN(CCO)CC2)nnc1-c1cccc(Cl)c1Cl.Nc1nc(N2CCNCC2)nnc1-c1cccc(Cl)c1Cl. The van der Waals surface area contributed by atoms with Gasteiger partial charge in [0.05, 0.1) is 46.2 Å². The first-order chi connectivity index (χ1) is 28.7. The third-order valence-corrected chi connectivity index (χ3v) is 11.3. The summed E-state index contributed by atoms with van der Waals surface area (Å²) >= 11 is 24.4. The molecule has 2 fully saturated rings. The van der Waals surface area contributed by atoms with Gasteiger partial charge in [0.25, 0.3) is 10.1 Å². The molecule has 6 rings (SSSR count). The average molecular weight is 936 g/mol. The number of nitrogens with one attached hydrogen (secondary N) is 1. The monoisotopic (exact) mass is 933 g/mol. The van der Waals surface area contributed by atoms with Crippen LogP contribution in [0.1, 0.15) is 20.8 Å². The summed E-state index contributed by atoms with van der Waals surface area (Å²) < 4.78 is 24.2. The number of piperazine rings is 2. The molecule has 0 atom stereocenters. The largest absolute Gasteiger partial charge is 0.395 e. The van der Waals surface area contributed by atoms with Crippen LogP contribution < -0.4 is 26.6 Å². The lowest BCUT2D eigenvalue weighted by atomic mass is 10.1. The predicted octanol–water partition coefficient (Wildman–Crippen LogP) is 3.68. The number of nitrogens with two attached hydrogens (primary N) is 2. The first-order valence-corrected chi connectivity index (χ1v) is 22.6. The van der Waals surface area contributed by atoms with Gasteiger partial charge in [-0.3, -0.25) is 9.08 Å². The third kappa shape index (κ3) is 16.1. The number of anilines is 4. The van der Waals surface area contributed by atoms with Gasteiger partial charge >= 0.3 is 0 Å². The Kier molecular flexibility index (Phi) is 22.1. The summed E-state index contributed by atoms with van der Waals surface area (Å²) in [4.78, 5) is 17.4. The van der Waals surface area contributed by atoms with Crippen LogP contribution in [0, 0.1) is 0 Å². The van der Waals surface area contributed by atoms with Crippen LogP contribution in [0.5, 0.6) is 0 Å². The minimum Gasteiger partial charge on any atom is -0.395 e. The number of aromatic nitrogens is 6. The van der Waals surface area contributed by atoms with E-state index in [0.717, 1.165) is 58.6 Å². The highest BCUT2D eigenvalue weighted by Crippen LogP contribution is 2.35. The number of aliphatic hydroxyl groups is 2. The fourth-order valence-corrected chi connectivity index (χ4v) is 6.88. The minimum atomic E-state index is -3.35. The summed E-state index contributed by atoms with van der Waals surface area (Å²) in [7, 11) is -3.35. The number of aliphatic hydroxyl groups excluding tert-OH is 2. The van der Waals surface area contributed by atoms with E-state index in [9.17, 15) is 8.42 Å². The lowest BCUT2D eigenvalue weighted by Gasteiger charge is -2.34. The van der Waals surface area contributed by atoms with Gasteiger partial charge in [-0.15, -0.1) is 20.4 Å². The highest BCUT2D eigenvalue weighted by Gasteiger charge is 2.22. The topological polar surface area (TPSA) is 238 Å². The van der Waals surface area contributed by atoms with Crippen LogP contribution in [-0.2, 0) is 14.3 Å². The zero-order valence-electron chi connectivity index (χ0n) is 34.2. The van der Waals surface area contributed by atoms with E-state index in [2.05, 4.69) is 70.4 Å². The van der Waals surface area contributed by atoms with Crippen molar-refractivity contribution in [2.24, 2.45) is 0 Å². The molecular formula is C37H55Cl4N13O5S. The molecule has 0 bridgehead atoms. The fraction of sp³-hybridized carbons (Fsp3) is 0.514. The van der Waals surface area contributed by atoms with E-state index >= 15 is 0 Å². The summed E-state index contributed by atoms with van der Waals surface area (Å²) in [6.07, 6.45) is 0.933. The second-order valence-electron chi connectivity index (χ2n) is 13.1. The second kappa shape index (κ2) is 26.1. The van der Waals surface area contributed by atoms with Gasteiger partial charge < -0.3 is 41.7 Å². The molecule has 4 aromatic rings. The van der Waals surface area contributed by atoms with E-state index in [4.69, 9.17) is 68.1 Å². The number of nitrogen functional groups attached to an aromatic ring is 2. The fourth-order valence-electron chi connectivity index (χ4n) is 5.72. The summed E-state index contributed by atoms with van der Waals surface area (Å²) in [5, 5.41) is 38.7. The Morgan fingerprint density at radius 1 is 0.717 bits per heavy atom. The van der Waals surface area contributed by atoms with Crippen LogP contribution in [0.25, 0.3) is 22.5 Å². The van der Waals surface area contributed by atoms with Crippen molar-refractivity contribution in [1.82, 2.24) is 45.5 Å². The van der Waals surface area contributed by atoms with Crippen molar-refractivity contribution in [1.29, 1.82) is 0 Å². The van der Waals surface area contributed by atoms with Gasteiger partial charge in [-0.05, 0) is 31.8 Å². The summed E-state index contributed by atoms with van der Waals surface area (Å²) in [6.45, 7) is 17.2. The molecule has 4 heterocycles. The van der Waals surface area contributed by atoms with Gasteiger partial charge in [0.1, 0.15) is 11.4 Å². The zero-order valence-corrected chi connectivity index (χ0v) is 38.1. The number of rotatable bonds is 12. The van der Waals surface area contributed by atoms with E-state index < -0.39 is 10.1 Å². The quantitative estimate of drug-likeness (QED) is 0.127. The molecule has 23 heteroatoms. The van der Waals surface area contributed by atoms with Crippen molar-refractivity contribution in [3.63, 3.8) is 0 Å². The Balaban J connectivity index is 0.000000242. The van der Waals surface area contributed by atoms with E-state index in [0.29, 0.717) is 66.9 Å². The predicted molar refractivity (Wildman–Crippen MR) is 242 cm³/mol. The number of β-amino-alcohol motifs (C(OH)–C–C–N with tert-alkyl or cyclic N) is 1. The van der Waals surface area contributed by atoms with Crippen LogP contribution >= 0.6 is 46.4 Å². The molecule has 2 saturated heterocycles. The molecule has 0 amide bonds. The number of halogens is 4. The lowest BCUT2D eigenvalue weighted by molar-refractivity contribution is 0.188. The first-order valence-electron chi connectivity index (χ1n) is 19.3. The molecule has 332 valence electrons. The van der Waals surface area contributed by atoms with E-state index in [1.54, 1.807) is 36.4 Å². The van der Waals surface area contributed by atoms with E-state index in [-0.39, 0.29) is 25.6 Å². The molecule has 0 saturated carbocycles. The molecule has 60 heavy (non-hydrogen) atoms. The van der Waals surface area contributed by atoms with Crippen LogP contribution in [0.3, 0.4) is 0 Å². The summed E-state index contributed by atoms with van der Waals surface area (Å²) in [5.41, 5.74) is 14.2. The lowest BCUT2D eigenvalue weighted by Crippen LogP contribution is -2.47. The molecule has 2 aromatic carbocycles. The molecule has 0 unspecified atom stereocenters. The number of nitrogens with zero attached hydrogens (tertiary/aromatic N) is 10. The van der Waals surface area contributed by atoms with Gasteiger partial charge in [-0.1, -0.05) is 91.4 Å². The van der Waals surface area contributed by atoms with Crippen molar-refractivity contribution in [2.75, 3.05) is 126 Å². The molecule has 0 aliphatic carbocycles. The van der Waals surface area contributed by atoms with Crippen LogP contribution in [-0.4, -0.2) is 163 Å². The Labute approximate surface area is 372 Å².